The first-order chi connectivity index (χ1) is 15.4. The first-order valence-electron chi connectivity index (χ1n) is 9.49. The molecule has 3 N–H and O–H groups in total. The normalized spacial score (nSPS) is 11.0. The van der Waals surface area contributed by atoms with Crippen molar-refractivity contribution in [3.63, 3.8) is 0 Å². The van der Waals surface area contributed by atoms with Gasteiger partial charge < -0.3 is 15.4 Å². The van der Waals surface area contributed by atoms with E-state index >= 15 is 0 Å². The minimum Gasteiger partial charge on any atom is -0.481 e. The molecule has 0 saturated heterocycles. The van der Waals surface area contributed by atoms with Crippen LogP contribution in [0.2, 0.25) is 0 Å². The third-order valence-electron chi connectivity index (χ3n) is 4.55. The van der Waals surface area contributed by atoms with E-state index in [1.807, 2.05) is 42.5 Å². The van der Waals surface area contributed by atoms with Gasteiger partial charge in [-0.3, -0.25) is 4.72 Å². The molecule has 1 heterocycles. The minimum atomic E-state index is -3.83. The average molecular weight is 466 g/mol. The predicted octanol–water partition coefficient (Wildman–Crippen LogP) is 4.25. The molecule has 0 amide bonds. The van der Waals surface area contributed by atoms with Crippen LogP contribution in [0.25, 0.3) is 10.8 Å². The summed E-state index contributed by atoms with van der Waals surface area (Å²) >= 11 is 5.42. The maximum Gasteiger partial charge on any atom is 0.263 e. The van der Waals surface area contributed by atoms with E-state index in [0.29, 0.717) is 10.8 Å². The Morgan fingerprint density at radius 2 is 1.69 bits per heavy atom. The van der Waals surface area contributed by atoms with Crippen molar-refractivity contribution in [2.75, 3.05) is 22.5 Å². The molecule has 8 nitrogen and oxygen atoms in total. The molecule has 0 saturated carbocycles. The molecule has 0 unspecified atom stereocenters. The molecule has 0 aliphatic heterocycles. The van der Waals surface area contributed by atoms with E-state index in [9.17, 15) is 8.42 Å². The van der Waals surface area contributed by atoms with Crippen LogP contribution in [-0.2, 0) is 10.0 Å². The van der Waals surface area contributed by atoms with E-state index in [2.05, 4.69) is 25.3 Å². The highest BCUT2D eigenvalue weighted by Crippen LogP contribution is 2.23. The van der Waals surface area contributed by atoms with E-state index in [1.165, 1.54) is 31.6 Å². The number of aromatic nitrogens is 2. The zero-order valence-corrected chi connectivity index (χ0v) is 18.6. The van der Waals surface area contributed by atoms with Crippen molar-refractivity contribution in [2.45, 2.75) is 4.90 Å². The van der Waals surface area contributed by atoms with Gasteiger partial charge in [0.05, 0.1) is 12.0 Å². The molecule has 1 aromatic heterocycles. The monoisotopic (exact) mass is 465 g/mol. The van der Waals surface area contributed by atoms with Gasteiger partial charge >= 0.3 is 0 Å². The third kappa shape index (κ3) is 4.93. The van der Waals surface area contributed by atoms with Gasteiger partial charge in [-0.25, -0.2) is 18.4 Å². The quantitative estimate of drug-likeness (QED) is 0.363. The van der Waals surface area contributed by atoms with Gasteiger partial charge in [-0.2, -0.15) is 0 Å². The zero-order valence-electron chi connectivity index (χ0n) is 16.9. The zero-order chi connectivity index (χ0) is 22.6. The van der Waals surface area contributed by atoms with Gasteiger partial charge in [0.1, 0.15) is 12.1 Å². The Morgan fingerprint density at radius 3 is 2.47 bits per heavy atom. The third-order valence-corrected chi connectivity index (χ3v) is 6.13. The topological polar surface area (TPSA) is 105 Å². The van der Waals surface area contributed by atoms with Gasteiger partial charge in [0.15, 0.2) is 5.11 Å². The standard InChI is InChI=1S/C22H19N5O3S2/c1-30-21-13-20(23-14-24-21)27-32(28,29)17-11-9-16(10-12-17)25-22(31)26-19-8-4-6-15-5-2-3-7-18(15)19/h2-14H,1H3,(H,23,24,27)(H2,25,26,31). The molecule has 4 aromatic rings. The number of fused-ring (bicyclic) bond motifs is 1. The fourth-order valence-electron chi connectivity index (χ4n) is 3.04. The molecule has 0 fully saturated rings. The second-order valence-corrected chi connectivity index (χ2v) is 8.77. The number of ether oxygens (including phenoxy) is 1. The van der Waals surface area contributed by atoms with Gasteiger partial charge in [-0.1, -0.05) is 36.4 Å². The highest BCUT2D eigenvalue weighted by molar-refractivity contribution is 7.92. The highest BCUT2D eigenvalue weighted by atomic mass is 32.2. The molecule has 0 bridgehead atoms. The van der Waals surface area contributed by atoms with Crippen LogP contribution in [0.4, 0.5) is 17.2 Å². The Morgan fingerprint density at radius 1 is 0.938 bits per heavy atom. The molecule has 4 rings (SSSR count). The SMILES string of the molecule is COc1cc(NS(=O)(=O)c2ccc(NC(=S)Nc3cccc4ccccc34)cc2)ncn1. The summed E-state index contributed by atoms with van der Waals surface area (Å²) in [6.07, 6.45) is 1.22. The van der Waals surface area contributed by atoms with Crippen LogP contribution in [0, 0.1) is 0 Å². The lowest BCUT2D eigenvalue weighted by atomic mass is 10.1. The number of thiocarbonyl (C=S) groups is 1. The largest absolute Gasteiger partial charge is 0.481 e. The fraction of sp³-hybridized carbons (Fsp3) is 0.0455. The molecule has 0 atom stereocenters. The van der Waals surface area contributed by atoms with Crippen LogP contribution in [0.1, 0.15) is 0 Å². The maximum absolute atomic E-state index is 12.6. The molecule has 0 aliphatic carbocycles. The summed E-state index contributed by atoms with van der Waals surface area (Å²) in [6, 6.07) is 21.5. The predicted molar refractivity (Wildman–Crippen MR) is 130 cm³/mol. The first kappa shape index (κ1) is 21.5. The van der Waals surface area contributed by atoms with Gasteiger partial charge in [-0.15, -0.1) is 0 Å². The van der Waals surface area contributed by atoms with Crippen LogP contribution >= 0.6 is 12.2 Å². The van der Waals surface area contributed by atoms with Gasteiger partial charge in [0.2, 0.25) is 5.88 Å². The Kier molecular flexibility index (Phi) is 6.15. The summed E-state index contributed by atoms with van der Waals surface area (Å²) in [7, 11) is -2.39. The number of methoxy groups -OCH3 is 1. The van der Waals surface area contributed by atoms with Crippen molar-refractivity contribution in [1.82, 2.24) is 9.97 Å². The van der Waals surface area contributed by atoms with Crippen molar-refractivity contribution >= 4 is 55.3 Å². The summed E-state index contributed by atoms with van der Waals surface area (Å²) in [5.41, 5.74) is 1.52. The summed E-state index contributed by atoms with van der Waals surface area (Å²) in [4.78, 5) is 7.83. The minimum absolute atomic E-state index is 0.0774. The number of nitrogens with one attached hydrogen (secondary N) is 3. The lowest BCUT2D eigenvalue weighted by Gasteiger charge is -2.13. The number of rotatable bonds is 6. The van der Waals surface area contributed by atoms with E-state index < -0.39 is 10.0 Å². The van der Waals surface area contributed by atoms with Gasteiger partial charge in [-0.05, 0) is 47.9 Å². The number of nitrogens with zero attached hydrogens (tertiary/aromatic N) is 2. The van der Waals surface area contributed by atoms with Crippen molar-refractivity contribution in [2.24, 2.45) is 0 Å². The molecule has 0 spiro atoms. The van der Waals surface area contributed by atoms with Crippen molar-refractivity contribution in [1.29, 1.82) is 0 Å². The van der Waals surface area contributed by atoms with Crippen LogP contribution in [0.5, 0.6) is 5.88 Å². The maximum atomic E-state index is 12.6. The Balaban J connectivity index is 1.44. The van der Waals surface area contributed by atoms with E-state index in [0.717, 1.165) is 16.5 Å². The highest BCUT2D eigenvalue weighted by Gasteiger charge is 2.15. The molecular weight excluding hydrogens is 446 g/mol. The molecular formula is C22H19N5O3S2. The van der Waals surface area contributed by atoms with E-state index in [1.54, 1.807) is 12.1 Å². The van der Waals surface area contributed by atoms with Gasteiger partial charge in [0, 0.05) is 22.8 Å². The van der Waals surface area contributed by atoms with Crippen LogP contribution in [0.15, 0.2) is 84.0 Å². The molecule has 0 radical (unpaired) electrons. The molecule has 32 heavy (non-hydrogen) atoms. The Bertz CT molecular complexity index is 1370. The molecule has 162 valence electrons. The number of benzene rings is 3. The lowest BCUT2D eigenvalue weighted by molar-refractivity contribution is 0.397. The average Bonchev–Trinajstić information content (AvgIpc) is 2.79. The van der Waals surface area contributed by atoms with Crippen molar-refractivity contribution in [3.05, 3.63) is 79.1 Å². The van der Waals surface area contributed by atoms with Crippen LogP contribution in [0.3, 0.4) is 0 Å². The Hall–Kier alpha value is -3.76. The molecule has 3 aromatic carbocycles. The van der Waals surface area contributed by atoms with E-state index in [4.69, 9.17) is 17.0 Å². The second-order valence-electron chi connectivity index (χ2n) is 6.68. The van der Waals surface area contributed by atoms with Crippen molar-refractivity contribution in [3.8, 4) is 5.88 Å². The number of sulfonamides is 1. The second kappa shape index (κ2) is 9.16. The van der Waals surface area contributed by atoms with Gasteiger partial charge in [0.25, 0.3) is 10.0 Å². The molecule has 10 heteroatoms. The molecule has 0 aliphatic rings. The number of hydrogen-bond acceptors (Lipinski definition) is 6. The summed E-state index contributed by atoms with van der Waals surface area (Å²) in [5, 5.41) is 8.79. The summed E-state index contributed by atoms with van der Waals surface area (Å²) in [6.45, 7) is 0. The van der Waals surface area contributed by atoms with E-state index in [-0.39, 0.29) is 16.6 Å². The lowest BCUT2D eigenvalue weighted by Crippen LogP contribution is -2.19. The number of hydrogen-bond donors (Lipinski definition) is 3. The Labute approximate surface area is 190 Å². The summed E-state index contributed by atoms with van der Waals surface area (Å²) in [5.74, 6) is 0.365. The van der Waals surface area contributed by atoms with Crippen LogP contribution < -0.4 is 20.1 Å². The smallest absolute Gasteiger partial charge is 0.263 e. The first-order valence-corrected chi connectivity index (χ1v) is 11.4. The van der Waals surface area contributed by atoms with Crippen LogP contribution in [-0.4, -0.2) is 30.6 Å². The summed E-state index contributed by atoms with van der Waals surface area (Å²) < 4.78 is 32.6. The van der Waals surface area contributed by atoms with Crippen molar-refractivity contribution < 1.29 is 13.2 Å². The fourth-order valence-corrected chi connectivity index (χ4v) is 4.27. The number of anilines is 3.